The van der Waals surface area contributed by atoms with E-state index in [4.69, 9.17) is 0 Å². The number of piperidine rings is 1. The molecule has 1 heteroatoms. The van der Waals surface area contributed by atoms with E-state index in [1.54, 1.807) is 0 Å². The van der Waals surface area contributed by atoms with Gasteiger partial charge in [-0.05, 0) is 25.9 Å². The lowest BCUT2D eigenvalue weighted by Crippen LogP contribution is -2.33. The number of allylic oxidation sites excluding steroid dienone is 2. The standard InChI is InChI=1S/C11H17N/c1-4-8-12(9-5-1)10-11-6-2-3-7-11/h2-3,6-7,11H,1,4-5,8-10H2. The molecule has 0 aromatic carbocycles. The molecule has 12 heavy (non-hydrogen) atoms. The molecule has 1 heterocycles. The molecule has 1 nitrogen and oxygen atoms in total. The Bertz CT molecular complexity index is 175. The third kappa shape index (κ3) is 1.98. The van der Waals surface area contributed by atoms with Crippen LogP contribution in [0.5, 0.6) is 0 Å². The van der Waals surface area contributed by atoms with Crippen LogP contribution in [0.15, 0.2) is 24.3 Å². The molecule has 0 aromatic rings. The minimum absolute atomic E-state index is 0.697. The molecule has 0 aromatic heterocycles. The first-order valence-electron chi connectivity index (χ1n) is 5.02. The highest BCUT2D eigenvalue weighted by Crippen LogP contribution is 2.14. The van der Waals surface area contributed by atoms with Gasteiger partial charge in [-0.1, -0.05) is 30.7 Å². The minimum atomic E-state index is 0.697. The molecular weight excluding hydrogens is 146 g/mol. The Labute approximate surface area is 74.8 Å². The van der Waals surface area contributed by atoms with Gasteiger partial charge in [0.1, 0.15) is 0 Å². The highest BCUT2D eigenvalue weighted by atomic mass is 15.1. The van der Waals surface area contributed by atoms with Crippen LogP contribution < -0.4 is 0 Å². The molecule has 0 unspecified atom stereocenters. The van der Waals surface area contributed by atoms with Gasteiger partial charge in [-0.15, -0.1) is 0 Å². The molecule has 0 amide bonds. The van der Waals surface area contributed by atoms with Crippen molar-refractivity contribution in [3.8, 4) is 0 Å². The van der Waals surface area contributed by atoms with E-state index in [2.05, 4.69) is 29.2 Å². The second kappa shape index (κ2) is 3.90. The van der Waals surface area contributed by atoms with E-state index >= 15 is 0 Å². The Balaban J connectivity index is 1.77. The van der Waals surface area contributed by atoms with Crippen LogP contribution in [0.25, 0.3) is 0 Å². The average molecular weight is 163 g/mol. The van der Waals surface area contributed by atoms with E-state index in [1.165, 1.54) is 38.9 Å². The predicted octanol–water partition coefficient (Wildman–Crippen LogP) is 2.21. The first-order chi connectivity index (χ1) is 5.95. The van der Waals surface area contributed by atoms with Gasteiger partial charge in [-0.25, -0.2) is 0 Å². The third-order valence-corrected chi connectivity index (χ3v) is 2.75. The molecule has 2 rings (SSSR count). The van der Waals surface area contributed by atoms with Gasteiger partial charge in [-0.2, -0.15) is 0 Å². The van der Waals surface area contributed by atoms with Crippen LogP contribution in [0.4, 0.5) is 0 Å². The van der Waals surface area contributed by atoms with Gasteiger partial charge in [0.15, 0.2) is 0 Å². The number of nitrogens with zero attached hydrogens (tertiary/aromatic N) is 1. The summed E-state index contributed by atoms with van der Waals surface area (Å²) in [6, 6.07) is 0. The maximum absolute atomic E-state index is 2.59. The summed E-state index contributed by atoms with van der Waals surface area (Å²) in [5, 5.41) is 0. The van der Waals surface area contributed by atoms with Crippen molar-refractivity contribution in [3.05, 3.63) is 24.3 Å². The summed E-state index contributed by atoms with van der Waals surface area (Å²) in [5.74, 6) is 0.697. The van der Waals surface area contributed by atoms with Gasteiger partial charge < -0.3 is 4.90 Å². The molecule has 0 bridgehead atoms. The third-order valence-electron chi connectivity index (χ3n) is 2.75. The molecule has 0 saturated carbocycles. The lowest BCUT2D eigenvalue weighted by atomic mass is 10.1. The summed E-state index contributed by atoms with van der Waals surface area (Å²) >= 11 is 0. The first kappa shape index (κ1) is 8.06. The highest BCUT2D eigenvalue weighted by Gasteiger charge is 2.13. The average Bonchev–Trinajstić information content (AvgIpc) is 2.59. The second-order valence-corrected chi connectivity index (χ2v) is 3.79. The summed E-state index contributed by atoms with van der Waals surface area (Å²) in [5.41, 5.74) is 0. The number of hydrogen-bond acceptors (Lipinski definition) is 1. The fourth-order valence-corrected chi connectivity index (χ4v) is 2.04. The van der Waals surface area contributed by atoms with E-state index in [9.17, 15) is 0 Å². The molecule has 0 spiro atoms. The fourth-order valence-electron chi connectivity index (χ4n) is 2.04. The van der Waals surface area contributed by atoms with Crippen LogP contribution in [-0.4, -0.2) is 24.5 Å². The SMILES string of the molecule is C1=CC(CN2CCCCC2)C=C1. The van der Waals surface area contributed by atoms with Crippen molar-refractivity contribution in [1.29, 1.82) is 0 Å². The van der Waals surface area contributed by atoms with Crippen molar-refractivity contribution in [2.75, 3.05) is 19.6 Å². The quantitative estimate of drug-likeness (QED) is 0.603. The topological polar surface area (TPSA) is 3.24 Å². The van der Waals surface area contributed by atoms with Crippen molar-refractivity contribution in [3.63, 3.8) is 0 Å². The van der Waals surface area contributed by atoms with E-state index < -0.39 is 0 Å². The smallest absolute Gasteiger partial charge is 0.00804 e. The predicted molar refractivity (Wildman–Crippen MR) is 52.1 cm³/mol. The maximum atomic E-state index is 2.59. The van der Waals surface area contributed by atoms with E-state index in [0.29, 0.717) is 5.92 Å². The zero-order valence-electron chi connectivity index (χ0n) is 7.58. The van der Waals surface area contributed by atoms with Crippen LogP contribution in [0.1, 0.15) is 19.3 Å². The molecule has 2 aliphatic rings. The van der Waals surface area contributed by atoms with Crippen LogP contribution in [0.2, 0.25) is 0 Å². The minimum Gasteiger partial charge on any atom is -0.302 e. The molecular formula is C11H17N. The van der Waals surface area contributed by atoms with Crippen LogP contribution in [-0.2, 0) is 0 Å². The normalized spacial score (nSPS) is 25.3. The Morgan fingerprint density at radius 2 is 1.67 bits per heavy atom. The number of likely N-dealkylation sites (tertiary alicyclic amines) is 1. The van der Waals surface area contributed by atoms with Gasteiger partial charge in [0.25, 0.3) is 0 Å². The Morgan fingerprint density at radius 1 is 1.00 bits per heavy atom. The van der Waals surface area contributed by atoms with E-state index in [-0.39, 0.29) is 0 Å². The van der Waals surface area contributed by atoms with Gasteiger partial charge in [0.05, 0.1) is 0 Å². The molecule has 1 aliphatic carbocycles. The zero-order chi connectivity index (χ0) is 8.23. The van der Waals surface area contributed by atoms with Crippen LogP contribution in [0, 0.1) is 5.92 Å². The summed E-state index contributed by atoms with van der Waals surface area (Å²) in [4.78, 5) is 2.59. The van der Waals surface area contributed by atoms with Gasteiger partial charge in [0, 0.05) is 12.5 Å². The van der Waals surface area contributed by atoms with Crippen molar-refractivity contribution in [2.24, 2.45) is 5.92 Å². The second-order valence-electron chi connectivity index (χ2n) is 3.79. The number of hydrogen-bond donors (Lipinski definition) is 0. The summed E-state index contributed by atoms with van der Waals surface area (Å²) in [6.45, 7) is 3.88. The van der Waals surface area contributed by atoms with Gasteiger partial charge >= 0.3 is 0 Å². The largest absolute Gasteiger partial charge is 0.302 e. The summed E-state index contributed by atoms with van der Waals surface area (Å²) in [6.07, 6.45) is 13.2. The zero-order valence-corrected chi connectivity index (χ0v) is 7.58. The molecule has 0 N–H and O–H groups in total. The van der Waals surface area contributed by atoms with Crippen LogP contribution in [0.3, 0.4) is 0 Å². The van der Waals surface area contributed by atoms with Crippen LogP contribution >= 0.6 is 0 Å². The monoisotopic (exact) mass is 163 g/mol. The van der Waals surface area contributed by atoms with Crippen molar-refractivity contribution in [1.82, 2.24) is 4.90 Å². The Kier molecular flexibility index (Phi) is 2.62. The van der Waals surface area contributed by atoms with E-state index in [1.807, 2.05) is 0 Å². The highest BCUT2D eigenvalue weighted by molar-refractivity contribution is 5.17. The van der Waals surface area contributed by atoms with Gasteiger partial charge in [-0.3, -0.25) is 0 Å². The van der Waals surface area contributed by atoms with Crippen molar-refractivity contribution >= 4 is 0 Å². The molecule has 66 valence electrons. The summed E-state index contributed by atoms with van der Waals surface area (Å²) in [7, 11) is 0. The lowest BCUT2D eigenvalue weighted by Gasteiger charge is -2.27. The van der Waals surface area contributed by atoms with E-state index in [0.717, 1.165) is 0 Å². The molecule has 0 radical (unpaired) electrons. The maximum Gasteiger partial charge on any atom is 0.00804 e. The van der Waals surface area contributed by atoms with Crippen molar-refractivity contribution in [2.45, 2.75) is 19.3 Å². The molecule has 0 atom stereocenters. The lowest BCUT2D eigenvalue weighted by molar-refractivity contribution is 0.219. The van der Waals surface area contributed by atoms with Crippen molar-refractivity contribution < 1.29 is 0 Å². The molecule has 1 saturated heterocycles. The fraction of sp³-hybridized carbons (Fsp3) is 0.636. The molecule has 1 aliphatic heterocycles. The molecule has 1 fully saturated rings. The number of rotatable bonds is 2. The van der Waals surface area contributed by atoms with Gasteiger partial charge in [0.2, 0.25) is 0 Å². The Hall–Kier alpha value is -0.560. The first-order valence-corrected chi connectivity index (χ1v) is 5.02. The summed E-state index contributed by atoms with van der Waals surface area (Å²) < 4.78 is 0. The Morgan fingerprint density at radius 3 is 2.33 bits per heavy atom.